The Morgan fingerprint density at radius 3 is 3.15 bits per heavy atom. The lowest BCUT2D eigenvalue weighted by molar-refractivity contribution is -0.132. The average Bonchev–Trinajstić information content (AvgIpc) is 3.00. The number of benzene rings is 1. The lowest BCUT2D eigenvalue weighted by Gasteiger charge is -2.25. The van der Waals surface area contributed by atoms with Crippen molar-refractivity contribution in [2.24, 2.45) is 0 Å². The van der Waals surface area contributed by atoms with Gasteiger partial charge in [0.2, 0.25) is 5.91 Å². The van der Waals surface area contributed by atoms with Gasteiger partial charge < -0.3 is 15.0 Å². The number of ether oxygens (including phenoxy) is 1. The van der Waals surface area contributed by atoms with Gasteiger partial charge in [0.15, 0.2) is 0 Å². The van der Waals surface area contributed by atoms with Gasteiger partial charge in [0.05, 0.1) is 6.54 Å². The summed E-state index contributed by atoms with van der Waals surface area (Å²) in [4.78, 5) is 14.7. The lowest BCUT2D eigenvalue weighted by atomic mass is 9.96. The lowest BCUT2D eigenvalue weighted by Crippen LogP contribution is -2.36. The molecule has 7 heteroatoms. The molecule has 2 aliphatic rings. The summed E-state index contributed by atoms with van der Waals surface area (Å²) in [5.41, 5.74) is 2.08. The van der Waals surface area contributed by atoms with E-state index in [2.05, 4.69) is 10.4 Å². The highest BCUT2D eigenvalue weighted by Gasteiger charge is 2.23. The van der Waals surface area contributed by atoms with Crippen LogP contribution in [0.1, 0.15) is 30.0 Å². The van der Waals surface area contributed by atoms with Gasteiger partial charge in [-0.25, -0.2) is 0 Å². The Kier molecular flexibility index (Phi) is 5.13. The number of hydrogen-bond donors (Lipinski definition) is 1. The van der Waals surface area contributed by atoms with Crippen molar-refractivity contribution in [3.8, 4) is 5.75 Å². The molecule has 1 fully saturated rings. The third-order valence-electron chi connectivity index (χ3n) is 5.10. The molecule has 1 aromatic carbocycles. The minimum Gasteiger partial charge on any atom is -0.491 e. The molecule has 1 N–H and O–H groups in total. The van der Waals surface area contributed by atoms with Gasteiger partial charge in [-0.1, -0.05) is 11.6 Å². The van der Waals surface area contributed by atoms with Crippen LogP contribution in [-0.2, 0) is 17.9 Å². The van der Waals surface area contributed by atoms with Crippen LogP contribution in [-0.4, -0.2) is 46.8 Å². The van der Waals surface area contributed by atoms with Gasteiger partial charge >= 0.3 is 0 Å². The molecular weight excluding hydrogens is 352 g/mol. The van der Waals surface area contributed by atoms with Crippen molar-refractivity contribution in [1.29, 1.82) is 0 Å². The summed E-state index contributed by atoms with van der Waals surface area (Å²) in [6.07, 6.45) is 4.08. The quantitative estimate of drug-likeness (QED) is 0.896. The van der Waals surface area contributed by atoms with E-state index in [0.29, 0.717) is 30.6 Å². The number of rotatable bonds is 3. The molecule has 1 atom stereocenters. The molecule has 1 amide bonds. The number of nitrogens with zero attached hydrogens (tertiary/aromatic N) is 3. The Morgan fingerprint density at radius 1 is 1.38 bits per heavy atom. The van der Waals surface area contributed by atoms with Crippen LogP contribution >= 0.6 is 11.6 Å². The number of amides is 1. The molecular formula is C19H23ClN4O2. The second-order valence-corrected chi connectivity index (χ2v) is 7.31. The Bertz CT molecular complexity index is 786. The number of hydrogen-bond acceptors (Lipinski definition) is 4. The summed E-state index contributed by atoms with van der Waals surface area (Å²) in [7, 11) is 0. The van der Waals surface area contributed by atoms with Gasteiger partial charge in [-0.15, -0.1) is 0 Å². The highest BCUT2D eigenvalue weighted by atomic mass is 35.5. The maximum Gasteiger partial charge on any atom is 0.244 e. The van der Waals surface area contributed by atoms with Crippen LogP contribution in [0.4, 0.5) is 0 Å². The number of carbonyl (C=O) groups is 1. The molecule has 2 aliphatic heterocycles. The molecule has 1 aromatic heterocycles. The van der Waals surface area contributed by atoms with Gasteiger partial charge in [0.25, 0.3) is 0 Å². The van der Waals surface area contributed by atoms with E-state index in [1.807, 2.05) is 33.8 Å². The zero-order valence-corrected chi connectivity index (χ0v) is 15.4. The van der Waals surface area contributed by atoms with E-state index in [9.17, 15) is 4.79 Å². The van der Waals surface area contributed by atoms with Crippen molar-refractivity contribution in [1.82, 2.24) is 20.0 Å². The Balaban J connectivity index is 1.48. The third kappa shape index (κ3) is 3.71. The van der Waals surface area contributed by atoms with E-state index < -0.39 is 0 Å². The molecule has 6 nitrogen and oxygen atoms in total. The Morgan fingerprint density at radius 2 is 2.31 bits per heavy atom. The molecule has 26 heavy (non-hydrogen) atoms. The predicted molar refractivity (Wildman–Crippen MR) is 99.4 cm³/mol. The van der Waals surface area contributed by atoms with Gasteiger partial charge in [0, 0.05) is 41.5 Å². The number of fused-ring (bicyclic) bond motifs is 1. The van der Waals surface area contributed by atoms with Crippen molar-refractivity contribution in [2.75, 3.05) is 26.2 Å². The SMILES string of the molecule is O=C(Cn1nccc1C1CCCNC1)N1CCOc2ccc(Cl)cc2C1. The maximum absolute atomic E-state index is 12.9. The van der Waals surface area contributed by atoms with Crippen LogP contribution in [0.2, 0.25) is 5.02 Å². The molecule has 0 radical (unpaired) electrons. The molecule has 138 valence electrons. The fourth-order valence-electron chi connectivity index (χ4n) is 3.73. The normalized spacial score (nSPS) is 20.2. The van der Waals surface area contributed by atoms with Crippen molar-refractivity contribution in [3.63, 3.8) is 0 Å². The molecule has 1 unspecified atom stereocenters. The fourth-order valence-corrected chi connectivity index (χ4v) is 3.92. The van der Waals surface area contributed by atoms with Gasteiger partial charge in [-0.3, -0.25) is 9.48 Å². The number of halogens is 1. The molecule has 0 saturated carbocycles. The third-order valence-corrected chi connectivity index (χ3v) is 5.34. The summed E-state index contributed by atoms with van der Waals surface area (Å²) in [5.74, 6) is 1.28. The summed E-state index contributed by atoms with van der Waals surface area (Å²) in [5, 5.41) is 8.48. The van der Waals surface area contributed by atoms with E-state index in [1.165, 1.54) is 0 Å². The average molecular weight is 375 g/mol. The van der Waals surface area contributed by atoms with Crippen LogP contribution in [0, 0.1) is 0 Å². The summed E-state index contributed by atoms with van der Waals surface area (Å²) >= 11 is 6.10. The Labute approximate surface area is 158 Å². The van der Waals surface area contributed by atoms with Crippen LogP contribution in [0.5, 0.6) is 5.75 Å². The van der Waals surface area contributed by atoms with Gasteiger partial charge in [0.1, 0.15) is 18.9 Å². The molecule has 0 bridgehead atoms. The first-order valence-electron chi connectivity index (χ1n) is 9.12. The zero-order chi connectivity index (χ0) is 17.9. The minimum absolute atomic E-state index is 0.0511. The number of aromatic nitrogens is 2. The number of piperidine rings is 1. The highest BCUT2D eigenvalue weighted by Crippen LogP contribution is 2.27. The van der Waals surface area contributed by atoms with Crippen LogP contribution in [0.15, 0.2) is 30.5 Å². The predicted octanol–water partition coefficient (Wildman–Crippen LogP) is 2.42. The topological polar surface area (TPSA) is 59.4 Å². The van der Waals surface area contributed by atoms with Crippen molar-refractivity contribution < 1.29 is 9.53 Å². The first kappa shape index (κ1) is 17.4. The monoisotopic (exact) mass is 374 g/mol. The van der Waals surface area contributed by atoms with Crippen LogP contribution in [0.25, 0.3) is 0 Å². The van der Waals surface area contributed by atoms with Crippen LogP contribution < -0.4 is 10.1 Å². The molecule has 3 heterocycles. The fraction of sp³-hybridized carbons (Fsp3) is 0.474. The first-order valence-corrected chi connectivity index (χ1v) is 9.50. The minimum atomic E-state index is 0.0511. The smallest absolute Gasteiger partial charge is 0.244 e. The number of nitrogens with one attached hydrogen (secondary N) is 1. The second kappa shape index (κ2) is 7.68. The first-order chi connectivity index (χ1) is 12.7. The number of carbonyl (C=O) groups excluding carboxylic acids is 1. The van der Waals surface area contributed by atoms with E-state index in [1.54, 1.807) is 6.20 Å². The standard InChI is InChI=1S/C19H23ClN4O2/c20-16-3-4-18-15(10-16)12-23(8-9-26-18)19(25)13-24-17(5-7-22-24)14-2-1-6-21-11-14/h3-5,7,10,14,21H,1-2,6,8-9,11-13H2. The largest absolute Gasteiger partial charge is 0.491 e. The van der Waals surface area contributed by atoms with Crippen LogP contribution in [0.3, 0.4) is 0 Å². The van der Waals surface area contributed by atoms with E-state index in [4.69, 9.17) is 16.3 Å². The second-order valence-electron chi connectivity index (χ2n) is 6.87. The summed E-state index contributed by atoms with van der Waals surface area (Å²) in [6.45, 7) is 3.83. The van der Waals surface area contributed by atoms with Crippen molar-refractivity contribution >= 4 is 17.5 Å². The van der Waals surface area contributed by atoms with Gasteiger partial charge in [-0.2, -0.15) is 5.10 Å². The van der Waals surface area contributed by atoms with Crippen molar-refractivity contribution in [2.45, 2.75) is 31.8 Å². The molecule has 4 rings (SSSR count). The van der Waals surface area contributed by atoms with E-state index in [-0.39, 0.29) is 12.5 Å². The molecule has 1 saturated heterocycles. The molecule has 0 aliphatic carbocycles. The van der Waals surface area contributed by atoms with Gasteiger partial charge in [-0.05, 0) is 43.7 Å². The molecule has 0 spiro atoms. The Hall–Kier alpha value is -2.05. The van der Waals surface area contributed by atoms with E-state index in [0.717, 1.165) is 42.9 Å². The highest BCUT2D eigenvalue weighted by molar-refractivity contribution is 6.30. The van der Waals surface area contributed by atoms with E-state index >= 15 is 0 Å². The zero-order valence-electron chi connectivity index (χ0n) is 14.7. The summed E-state index contributed by atoms with van der Waals surface area (Å²) in [6, 6.07) is 7.58. The maximum atomic E-state index is 12.9. The summed E-state index contributed by atoms with van der Waals surface area (Å²) < 4.78 is 7.61. The molecule has 2 aromatic rings. The van der Waals surface area contributed by atoms with Crippen molar-refractivity contribution in [3.05, 3.63) is 46.7 Å².